The van der Waals surface area contributed by atoms with Crippen LogP contribution in [0.3, 0.4) is 0 Å². The molecule has 6 fully saturated rings. The highest BCUT2D eigenvalue weighted by atomic mass is 16.6. The summed E-state index contributed by atoms with van der Waals surface area (Å²) in [5, 5.41) is 41.4. The molecule has 1 amide bonds. The maximum absolute atomic E-state index is 13.8. The zero-order valence-corrected chi connectivity index (χ0v) is 25.5. The number of likely N-dealkylation sites (tertiary alicyclic amines) is 1. The number of carbonyl (C=O) groups is 2. The van der Waals surface area contributed by atoms with E-state index in [0.29, 0.717) is 43.6 Å². The van der Waals surface area contributed by atoms with E-state index < -0.39 is 58.0 Å². The summed E-state index contributed by atoms with van der Waals surface area (Å²) in [4.78, 5) is 27.5. The fraction of sp³-hybridized carbons (Fsp3) is 0.750. The van der Waals surface area contributed by atoms with Gasteiger partial charge >= 0.3 is 5.97 Å². The Morgan fingerprint density at radius 1 is 1.02 bits per heavy atom. The molecule has 1 aromatic carbocycles. The minimum absolute atomic E-state index is 0.0828. The minimum Gasteiger partial charge on any atom is -0.454 e. The number of anilines is 1. The molecule has 236 valence electrons. The Morgan fingerprint density at radius 2 is 1.74 bits per heavy atom. The quantitative estimate of drug-likeness (QED) is 0.338. The number of carbonyl (C=O) groups excluding carboxylic acids is 2. The molecule has 6 aliphatic rings. The van der Waals surface area contributed by atoms with Gasteiger partial charge in [0.2, 0.25) is 5.91 Å². The van der Waals surface area contributed by atoms with Crippen LogP contribution in [0.2, 0.25) is 0 Å². The number of amides is 1. The predicted octanol–water partition coefficient (Wildman–Crippen LogP) is 1.34. The number of hydrogen-bond acceptors (Lipinski definition) is 10. The van der Waals surface area contributed by atoms with Crippen molar-refractivity contribution >= 4 is 17.6 Å². The van der Waals surface area contributed by atoms with Crippen LogP contribution in [-0.4, -0.2) is 113 Å². The molecule has 0 unspecified atom stereocenters. The van der Waals surface area contributed by atoms with Gasteiger partial charge in [-0.2, -0.15) is 0 Å². The molecule has 11 heteroatoms. The number of piperidine rings is 1. The average Bonchev–Trinajstić information content (AvgIpc) is 3.36. The third-order valence-electron chi connectivity index (χ3n) is 12.7. The van der Waals surface area contributed by atoms with Crippen molar-refractivity contribution in [1.29, 1.82) is 0 Å². The number of rotatable bonds is 7. The van der Waals surface area contributed by atoms with Crippen LogP contribution in [0.25, 0.3) is 0 Å². The fourth-order valence-electron chi connectivity index (χ4n) is 11.5. The van der Waals surface area contributed by atoms with Gasteiger partial charge in [0.1, 0.15) is 22.4 Å². The van der Waals surface area contributed by atoms with E-state index in [9.17, 15) is 24.9 Å². The van der Waals surface area contributed by atoms with Crippen LogP contribution in [0, 0.1) is 23.2 Å². The molecule has 1 aliphatic heterocycles. The van der Waals surface area contributed by atoms with Crippen LogP contribution in [0.15, 0.2) is 24.3 Å². The smallest absolute Gasteiger partial charge is 0.338 e. The Kier molecular flexibility index (Phi) is 6.50. The van der Waals surface area contributed by atoms with Gasteiger partial charge in [0.05, 0.1) is 29.9 Å². The molecule has 5 saturated carbocycles. The molecule has 4 N–H and O–H groups in total. The van der Waals surface area contributed by atoms with Crippen molar-refractivity contribution in [2.24, 2.45) is 23.2 Å². The summed E-state index contributed by atoms with van der Waals surface area (Å²) in [6.07, 6.45) is 0.382. The van der Waals surface area contributed by atoms with Gasteiger partial charge in [0.15, 0.2) is 0 Å². The Labute approximate surface area is 251 Å². The Bertz CT molecular complexity index is 1330. The van der Waals surface area contributed by atoms with Crippen LogP contribution in [0.1, 0.15) is 56.3 Å². The van der Waals surface area contributed by atoms with E-state index in [4.69, 9.17) is 18.9 Å². The molecule has 7 bridgehead atoms. The summed E-state index contributed by atoms with van der Waals surface area (Å²) >= 11 is 0. The van der Waals surface area contributed by atoms with Gasteiger partial charge in [-0.05, 0) is 56.5 Å². The van der Waals surface area contributed by atoms with Gasteiger partial charge in [-0.15, -0.1) is 0 Å². The monoisotopic (exact) mass is 600 g/mol. The second-order valence-corrected chi connectivity index (χ2v) is 13.9. The van der Waals surface area contributed by atoms with Crippen LogP contribution in [0.4, 0.5) is 5.69 Å². The summed E-state index contributed by atoms with van der Waals surface area (Å²) in [6, 6.07) is 6.08. The second-order valence-electron chi connectivity index (χ2n) is 13.9. The van der Waals surface area contributed by atoms with Crippen LogP contribution >= 0.6 is 0 Å². The number of likely N-dealkylation sites (N-methyl/N-ethyl adjacent to an activating group) is 1. The number of benzene rings is 1. The third kappa shape index (κ3) is 3.29. The van der Waals surface area contributed by atoms with Crippen LogP contribution in [0.5, 0.6) is 0 Å². The van der Waals surface area contributed by atoms with E-state index in [0.717, 1.165) is 0 Å². The number of nitrogens with zero attached hydrogens (tertiary/aromatic N) is 1. The van der Waals surface area contributed by atoms with Crippen molar-refractivity contribution in [3.05, 3.63) is 29.8 Å². The molecule has 1 aromatic rings. The summed E-state index contributed by atoms with van der Waals surface area (Å²) in [7, 11) is 4.83. The van der Waals surface area contributed by atoms with Crippen molar-refractivity contribution in [3.63, 3.8) is 0 Å². The van der Waals surface area contributed by atoms with Crippen LogP contribution in [-0.2, 0) is 23.7 Å². The Morgan fingerprint density at radius 3 is 2.35 bits per heavy atom. The zero-order chi connectivity index (χ0) is 30.7. The zero-order valence-electron chi connectivity index (χ0n) is 25.5. The lowest BCUT2D eigenvalue weighted by molar-refractivity contribution is -0.369. The summed E-state index contributed by atoms with van der Waals surface area (Å²) in [5.41, 5.74) is -6.27. The highest BCUT2D eigenvalue weighted by molar-refractivity contribution is 5.92. The highest BCUT2D eigenvalue weighted by Gasteiger charge is 2.93. The lowest BCUT2D eigenvalue weighted by atomic mass is 9.43. The molecular formula is C32H44N2O9. The molecule has 7 rings (SSSR count). The van der Waals surface area contributed by atoms with E-state index in [2.05, 4.69) is 10.2 Å². The molecule has 0 radical (unpaired) electrons. The number of ether oxygens (including phenoxy) is 4. The molecular weight excluding hydrogens is 556 g/mol. The summed E-state index contributed by atoms with van der Waals surface area (Å²) < 4.78 is 24.7. The molecule has 0 aromatic heterocycles. The largest absolute Gasteiger partial charge is 0.454 e. The molecule has 1 saturated heterocycles. The van der Waals surface area contributed by atoms with Gasteiger partial charge in [-0.3, -0.25) is 9.69 Å². The second kappa shape index (κ2) is 9.45. The number of fused-ring (bicyclic) bond motifs is 2. The van der Waals surface area contributed by atoms with E-state index >= 15 is 0 Å². The molecule has 5 aliphatic carbocycles. The van der Waals surface area contributed by atoms with E-state index in [1.807, 2.05) is 6.92 Å². The van der Waals surface area contributed by atoms with Crippen LogP contribution < -0.4 is 5.32 Å². The first-order valence-corrected chi connectivity index (χ1v) is 15.5. The van der Waals surface area contributed by atoms with E-state index in [1.165, 1.54) is 6.92 Å². The van der Waals surface area contributed by atoms with Gasteiger partial charge < -0.3 is 39.6 Å². The molecule has 1 heterocycles. The van der Waals surface area contributed by atoms with E-state index in [-0.39, 0.29) is 36.7 Å². The normalized spacial score (nSPS) is 49.1. The van der Waals surface area contributed by atoms with Gasteiger partial charge in [0, 0.05) is 70.1 Å². The topological polar surface area (TPSA) is 147 Å². The first-order valence-electron chi connectivity index (χ1n) is 15.5. The van der Waals surface area contributed by atoms with Crippen molar-refractivity contribution in [2.75, 3.05) is 39.7 Å². The maximum atomic E-state index is 13.8. The minimum atomic E-state index is -1.92. The molecule has 1 spiro atoms. The predicted molar refractivity (Wildman–Crippen MR) is 153 cm³/mol. The third-order valence-corrected chi connectivity index (χ3v) is 12.7. The first-order chi connectivity index (χ1) is 20.4. The lowest BCUT2D eigenvalue weighted by Gasteiger charge is -2.71. The SMILES string of the molecule is CCN1C[C@]2(OC(=O)c3ccc(NC(C)=O)cc3)CC[C@@H](OC)[C@@]34[C@@H]2C[C@@](O)([C@@H]13)[C@@]1(O)C[C@H](OC)[C@H]2C[C@H]4[C@]1(O)[C@H]2OC. The van der Waals surface area contributed by atoms with Gasteiger partial charge in [0.25, 0.3) is 0 Å². The van der Waals surface area contributed by atoms with Crippen molar-refractivity contribution in [2.45, 2.75) is 92.7 Å². The summed E-state index contributed by atoms with van der Waals surface area (Å²) in [6.45, 7) is 4.39. The number of hydrogen-bond donors (Lipinski definition) is 4. The lowest BCUT2D eigenvalue weighted by Crippen LogP contribution is -2.87. The van der Waals surface area contributed by atoms with Gasteiger partial charge in [-0.25, -0.2) is 4.79 Å². The number of esters is 1. The Balaban J connectivity index is 1.37. The van der Waals surface area contributed by atoms with Crippen molar-refractivity contribution in [3.8, 4) is 0 Å². The van der Waals surface area contributed by atoms with E-state index in [1.54, 1.807) is 45.6 Å². The number of nitrogens with one attached hydrogen (secondary N) is 1. The standard InChI is InChI=1S/C32H44N2O9/c1-6-34-16-28(43-26(36)18-7-9-19(10-8-18)33-17(2)35)12-11-24(41-4)31-22-13-20-21(40-3)14-30(38,32(22,39)25(20)42-5)29(37,27(31)34)15-23(28)31/h7-10,20-25,27,37-39H,6,11-16H2,1-5H3,(H,33,35)/t20-,21+,22-,23-,24-,25+,27-,28-,29-,30+,31-,32+/m1/s1. The van der Waals surface area contributed by atoms with Crippen molar-refractivity contribution < 1.29 is 43.9 Å². The highest BCUT2D eigenvalue weighted by Crippen LogP contribution is 2.80. The molecule has 43 heavy (non-hydrogen) atoms. The first kappa shape index (κ1) is 29.6. The van der Waals surface area contributed by atoms with Crippen molar-refractivity contribution in [1.82, 2.24) is 4.90 Å². The maximum Gasteiger partial charge on any atom is 0.338 e. The van der Waals surface area contributed by atoms with Gasteiger partial charge in [-0.1, -0.05) is 6.92 Å². The average molecular weight is 601 g/mol. The fourth-order valence-corrected chi connectivity index (χ4v) is 11.5. The molecule has 12 atom stereocenters. The molecule has 11 nitrogen and oxygen atoms in total. The Hall–Kier alpha value is -2.12. The number of aliphatic hydroxyl groups is 3. The number of methoxy groups -OCH3 is 3. The summed E-state index contributed by atoms with van der Waals surface area (Å²) in [5.74, 6) is -1.74.